The molecule has 8 heteroatoms. The molecule has 2 amide bonds. The molecule has 0 bridgehead atoms. The van der Waals surface area contributed by atoms with Crippen LogP contribution in [0.4, 0.5) is 11.4 Å². The van der Waals surface area contributed by atoms with Crippen LogP contribution >= 0.6 is 0 Å². The highest BCUT2D eigenvalue weighted by Gasteiger charge is 2.28. The maximum atomic E-state index is 12.3. The van der Waals surface area contributed by atoms with E-state index < -0.39 is 6.04 Å². The first-order chi connectivity index (χ1) is 13.8. The van der Waals surface area contributed by atoms with Gasteiger partial charge in [0.25, 0.3) is 5.91 Å². The number of benzene rings is 2. The van der Waals surface area contributed by atoms with Crippen LogP contribution in [0.3, 0.4) is 0 Å². The normalized spacial score (nSPS) is 16.2. The molecule has 0 fully saturated rings. The van der Waals surface area contributed by atoms with E-state index in [1.165, 1.54) is 0 Å². The van der Waals surface area contributed by atoms with Crippen molar-refractivity contribution in [3.63, 3.8) is 0 Å². The van der Waals surface area contributed by atoms with E-state index in [1.54, 1.807) is 0 Å². The lowest BCUT2D eigenvalue weighted by Crippen LogP contribution is -2.32. The number of guanidine groups is 2. The number of anilines is 2. The van der Waals surface area contributed by atoms with E-state index >= 15 is 0 Å². The fourth-order valence-corrected chi connectivity index (χ4v) is 2.99. The molecule has 1 heterocycles. The van der Waals surface area contributed by atoms with Gasteiger partial charge in [0.15, 0.2) is 0 Å². The van der Waals surface area contributed by atoms with Gasteiger partial charge in [0.1, 0.15) is 6.04 Å². The Kier molecular flexibility index (Phi) is 5.92. The molecule has 29 heavy (non-hydrogen) atoms. The molecule has 0 saturated carbocycles. The molecule has 150 valence electrons. The van der Waals surface area contributed by atoms with Gasteiger partial charge in [-0.1, -0.05) is 23.8 Å². The SMILES string of the molecule is Cc1ccc(NC(N)=NC2=N[C@H](CC(=O)Nc3cc(C)cc(C)c3)C(=O)N2)cc1. The highest BCUT2D eigenvalue weighted by atomic mass is 16.2. The fraction of sp³-hybridized carbons (Fsp3) is 0.238. The average Bonchev–Trinajstić information content (AvgIpc) is 2.94. The molecular weight excluding hydrogens is 368 g/mol. The first-order valence-corrected chi connectivity index (χ1v) is 9.23. The van der Waals surface area contributed by atoms with E-state index in [-0.39, 0.29) is 30.2 Å². The van der Waals surface area contributed by atoms with Gasteiger partial charge in [-0.15, -0.1) is 0 Å². The molecule has 0 saturated heterocycles. The molecule has 0 aromatic heterocycles. The molecule has 0 spiro atoms. The van der Waals surface area contributed by atoms with Crippen LogP contribution < -0.4 is 21.7 Å². The minimum atomic E-state index is -0.841. The number of aryl methyl sites for hydroxylation is 3. The number of carbonyl (C=O) groups excluding carboxylic acids is 2. The molecule has 2 aromatic rings. The van der Waals surface area contributed by atoms with Gasteiger partial charge in [-0.25, -0.2) is 4.99 Å². The van der Waals surface area contributed by atoms with Crippen LogP contribution in [0.2, 0.25) is 0 Å². The van der Waals surface area contributed by atoms with Crippen LogP contribution in [0.15, 0.2) is 52.4 Å². The molecule has 8 nitrogen and oxygen atoms in total. The third-order valence-corrected chi connectivity index (χ3v) is 4.25. The summed E-state index contributed by atoms with van der Waals surface area (Å²) in [7, 11) is 0. The number of rotatable bonds is 4. The summed E-state index contributed by atoms with van der Waals surface area (Å²) in [6, 6.07) is 12.5. The molecule has 2 aromatic carbocycles. The number of carbonyl (C=O) groups is 2. The van der Waals surface area contributed by atoms with Gasteiger partial charge in [-0.2, -0.15) is 4.99 Å². The van der Waals surface area contributed by atoms with Crippen LogP contribution in [-0.4, -0.2) is 29.8 Å². The number of nitrogens with zero attached hydrogens (tertiary/aromatic N) is 2. The van der Waals surface area contributed by atoms with Gasteiger partial charge in [0, 0.05) is 11.4 Å². The number of amides is 2. The minimum absolute atomic E-state index is 0.0799. The largest absolute Gasteiger partial charge is 0.369 e. The summed E-state index contributed by atoms with van der Waals surface area (Å²) in [5, 5.41) is 8.27. The third-order valence-electron chi connectivity index (χ3n) is 4.25. The summed E-state index contributed by atoms with van der Waals surface area (Å²) in [5.41, 5.74) is 10.6. The van der Waals surface area contributed by atoms with Crippen LogP contribution in [0.25, 0.3) is 0 Å². The highest BCUT2D eigenvalue weighted by molar-refractivity contribution is 6.11. The summed E-state index contributed by atoms with van der Waals surface area (Å²) in [6.45, 7) is 5.90. The summed E-state index contributed by atoms with van der Waals surface area (Å²) in [6.07, 6.45) is -0.0802. The van der Waals surface area contributed by atoms with Crippen LogP contribution in [0.1, 0.15) is 23.1 Å². The fourth-order valence-electron chi connectivity index (χ4n) is 2.99. The van der Waals surface area contributed by atoms with E-state index in [9.17, 15) is 9.59 Å². The topological polar surface area (TPSA) is 121 Å². The van der Waals surface area contributed by atoms with Gasteiger partial charge in [0.05, 0.1) is 6.42 Å². The average molecular weight is 392 g/mol. The Morgan fingerprint density at radius 3 is 2.34 bits per heavy atom. The van der Waals surface area contributed by atoms with Gasteiger partial charge in [-0.3, -0.25) is 14.9 Å². The van der Waals surface area contributed by atoms with E-state index in [2.05, 4.69) is 25.9 Å². The van der Waals surface area contributed by atoms with Crippen molar-refractivity contribution in [2.75, 3.05) is 10.6 Å². The quantitative estimate of drug-likeness (QED) is 0.471. The predicted molar refractivity (Wildman–Crippen MR) is 115 cm³/mol. The number of nitrogens with one attached hydrogen (secondary N) is 3. The zero-order valence-corrected chi connectivity index (χ0v) is 16.6. The molecular formula is C21H24N6O2. The Hall–Kier alpha value is -3.68. The molecule has 0 unspecified atom stereocenters. The summed E-state index contributed by atoms with van der Waals surface area (Å²) < 4.78 is 0. The lowest BCUT2D eigenvalue weighted by molar-refractivity contribution is -0.123. The Labute approximate surface area is 169 Å². The van der Waals surface area contributed by atoms with Crippen molar-refractivity contribution in [1.82, 2.24) is 5.32 Å². The zero-order chi connectivity index (χ0) is 21.0. The molecule has 0 radical (unpaired) electrons. The van der Waals surface area contributed by atoms with Crippen LogP contribution in [0.5, 0.6) is 0 Å². The number of nitrogens with two attached hydrogens (primary N) is 1. The second kappa shape index (κ2) is 8.55. The van der Waals surface area contributed by atoms with Crippen molar-refractivity contribution in [3.8, 4) is 0 Å². The van der Waals surface area contributed by atoms with E-state index in [0.717, 1.165) is 22.4 Å². The monoisotopic (exact) mass is 392 g/mol. The lowest BCUT2D eigenvalue weighted by atomic mass is 10.1. The van der Waals surface area contributed by atoms with Gasteiger partial charge in [-0.05, 0) is 56.2 Å². The number of hydrogen-bond acceptors (Lipinski definition) is 4. The standard InChI is InChI=1S/C21H24N6O2/c1-12-4-6-15(7-5-12)24-20(22)27-21-25-17(19(29)26-21)11-18(28)23-16-9-13(2)8-14(3)10-16/h4-10,17H,11H2,1-3H3,(H,23,28)(H4,22,24,25,26,27,29)/t17-/m1/s1. The maximum Gasteiger partial charge on any atom is 0.252 e. The van der Waals surface area contributed by atoms with Gasteiger partial charge >= 0.3 is 0 Å². The van der Waals surface area contributed by atoms with E-state index in [0.29, 0.717) is 5.69 Å². The molecule has 1 atom stereocenters. The highest BCUT2D eigenvalue weighted by Crippen LogP contribution is 2.15. The van der Waals surface area contributed by atoms with Crippen molar-refractivity contribution in [2.45, 2.75) is 33.2 Å². The van der Waals surface area contributed by atoms with E-state index in [1.807, 2.05) is 63.2 Å². The van der Waals surface area contributed by atoms with Gasteiger partial charge < -0.3 is 16.4 Å². The molecule has 0 aliphatic carbocycles. The first-order valence-electron chi connectivity index (χ1n) is 9.23. The van der Waals surface area contributed by atoms with Crippen molar-refractivity contribution >= 4 is 35.1 Å². The predicted octanol–water partition coefficient (Wildman–Crippen LogP) is 2.22. The van der Waals surface area contributed by atoms with Crippen molar-refractivity contribution in [1.29, 1.82) is 0 Å². The summed E-state index contributed by atoms with van der Waals surface area (Å²) in [4.78, 5) is 32.7. The number of hydrogen-bond donors (Lipinski definition) is 4. The van der Waals surface area contributed by atoms with Crippen LogP contribution in [0, 0.1) is 20.8 Å². The summed E-state index contributed by atoms with van der Waals surface area (Å²) in [5.74, 6) is -0.512. The second-order valence-electron chi connectivity index (χ2n) is 7.07. The minimum Gasteiger partial charge on any atom is -0.369 e. The Morgan fingerprint density at radius 2 is 1.69 bits per heavy atom. The van der Waals surface area contributed by atoms with Crippen molar-refractivity contribution in [2.24, 2.45) is 15.7 Å². The second-order valence-corrected chi connectivity index (χ2v) is 7.07. The molecule has 3 rings (SSSR count). The summed E-state index contributed by atoms with van der Waals surface area (Å²) >= 11 is 0. The smallest absolute Gasteiger partial charge is 0.252 e. The lowest BCUT2D eigenvalue weighted by Gasteiger charge is -2.08. The van der Waals surface area contributed by atoms with Gasteiger partial charge in [0.2, 0.25) is 17.8 Å². The molecule has 1 aliphatic heterocycles. The Bertz CT molecular complexity index is 974. The van der Waals surface area contributed by atoms with Crippen molar-refractivity contribution < 1.29 is 9.59 Å². The number of aliphatic imine (C=N–C) groups is 2. The van der Waals surface area contributed by atoms with Crippen LogP contribution in [-0.2, 0) is 9.59 Å². The van der Waals surface area contributed by atoms with Crippen molar-refractivity contribution in [3.05, 3.63) is 59.2 Å². The third kappa shape index (κ3) is 5.65. The molecule has 5 N–H and O–H groups in total. The first kappa shape index (κ1) is 20.1. The Morgan fingerprint density at radius 1 is 1.03 bits per heavy atom. The maximum absolute atomic E-state index is 12.3. The Balaban J connectivity index is 1.61. The zero-order valence-electron chi connectivity index (χ0n) is 16.6. The molecule has 1 aliphatic rings. The van der Waals surface area contributed by atoms with E-state index in [4.69, 9.17) is 5.73 Å².